The summed E-state index contributed by atoms with van der Waals surface area (Å²) in [7, 11) is 0. The molecule has 0 aliphatic heterocycles. The van der Waals surface area contributed by atoms with Gasteiger partial charge in [-0.2, -0.15) is 0 Å². The minimum Gasteiger partial charge on any atom is -0.384 e. The van der Waals surface area contributed by atoms with Gasteiger partial charge in [0.15, 0.2) is 5.96 Å². The summed E-state index contributed by atoms with van der Waals surface area (Å²) in [6.45, 7) is 0.593. The molecule has 114 valence electrons. The molecule has 7 nitrogen and oxygen atoms in total. The van der Waals surface area contributed by atoms with Crippen molar-refractivity contribution in [1.82, 2.24) is 4.98 Å². The molecule has 1 aliphatic carbocycles. The molecule has 1 aromatic rings. The Morgan fingerprint density at radius 3 is 2.52 bits per heavy atom. The van der Waals surface area contributed by atoms with E-state index < -0.39 is 5.41 Å². The highest BCUT2D eigenvalue weighted by Crippen LogP contribution is 2.41. The number of primary amides is 1. The van der Waals surface area contributed by atoms with Crippen molar-refractivity contribution >= 4 is 17.7 Å². The van der Waals surface area contributed by atoms with E-state index in [1.165, 1.54) is 0 Å². The highest BCUT2D eigenvalue weighted by Gasteiger charge is 2.42. The van der Waals surface area contributed by atoms with Crippen LogP contribution in [0.5, 0.6) is 0 Å². The van der Waals surface area contributed by atoms with Crippen molar-refractivity contribution in [1.29, 1.82) is 0 Å². The van der Waals surface area contributed by atoms with E-state index >= 15 is 0 Å². The minimum absolute atomic E-state index is 0.101. The standard InChI is InChI=1S/C14H22N6O/c15-11-7-10(3-6-19-11)14(12(16)21)4-1-9(2-5-14)8-20-13(17)18/h3,6-7,9H,1-2,4-5,8H2,(H2,15,19)(H2,16,21)(H4,17,18,20). The van der Waals surface area contributed by atoms with Gasteiger partial charge in [0.1, 0.15) is 5.82 Å². The topological polar surface area (TPSA) is 146 Å². The van der Waals surface area contributed by atoms with Crippen molar-refractivity contribution in [2.75, 3.05) is 12.3 Å². The van der Waals surface area contributed by atoms with Gasteiger partial charge in [-0.1, -0.05) is 0 Å². The molecule has 0 aromatic carbocycles. The number of carbonyl (C=O) groups excluding carboxylic acids is 1. The molecule has 0 atom stereocenters. The van der Waals surface area contributed by atoms with Crippen LogP contribution in [-0.4, -0.2) is 23.4 Å². The summed E-state index contributed by atoms with van der Waals surface area (Å²) in [4.78, 5) is 20.1. The molecule has 8 N–H and O–H groups in total. The molecule has 1 fully saturated rings. The molecule has 0 saturated heterocycles. The van der Waals surface area contributed by atoms with Gasteiger partial charge >= 0.3 is 0 Å². The first-order valence-corrected chi connectivity index (χ1v) is 7.01. The van der Waals surface area contributed by atoms with E-state index in [9.17, 15) is 4.79 Å². The lowest BCUT2D eigenvalue weighted by Crippen LogP contribution is -2.44. The van der Waals surface area contributed by atoms with E-state index in [1.54, 1.807) is 12.3 Å². The predicted octanol–water partition coefficient (Wildman–Crippen LogP) is -0.149. The van der Waals surface area contributed by atoms with E-state index in [2.05, 4.69) is 9.98 Å². The molecule has 0 spiro atoms. The Morgan fingerprint density at radius 1 is 1.33 bits per heavy atom. The highest BCUT2D eigenvalue weighted by atomic mass is 16.1. The molecule has 1 amide bonds. The van der Waals surface area contributed by atoms with Crippen LogP contribution in [-0.2, 0) is 10.2 Å². The van der Waals surface area contributed by atoms with Crippen LogP contribution in [0.4, 0.5) is 5.82 Å². The molecule has 7 heteroatoms. The fraction of sp³-hybridized carbons (Fsp3) is 0.500. The maximum atomic E-state index is 12.1. The van der Waals surface area contributed by atoms with Crippen LogP contribution in [0.1, 0.15) is 31.2 Å². The number of hydrogen-bond donors (Lipinski definition) is 4. The van der Waals surface area contributed by atoms with E-state index in [-0.39, 0.29) is 11.9 Å². The van der Waals surface area contributed by atoms with Crippen molar-refractivity contribution in [2.45, 2.75) is 31.1 Å². The Morgan fingerprint density at radius 2 is 2.00 bits per heavy atom. The predicted molar refractivity (Wildman–Crippen MR) is 82.2 cm³/mol. The van der Waals surface area contributed by atoms with Gasteiger partial charge in [-0.25, -0.2) is 4.98 Å². The van der Waals surface area contributed by atoms with Crippen molar-refractivity contribution in [3.05, 3.63) is 23.9 Å². The number of aromatic nitrogens is 1. The molecule has 2 rings (SSSR count). The number of nitrogen functional groups attached to an aromatic ring is 1. The molecule has 1 aromatic heterocycles. The summed E-state index contributed by atoms with van der Waals surface area (Å²) < 4.78 is 0. The summed E-state index contributed by atoms with van der Waals surface area (Å²) in [6, 6.07) is 3.55. The number of nitrogens with two attached hydrogens (primary N) is 4. The van der Waals surface area contributed by atoms with Gasteiger partial charge in [0.2, 0.25) is 5.91 Å². The first-order valence-electron chi connectivity index (χ1n) is 7.01. The van der Waals surface area contributed by atoms with Crippen molar-refractivity contribution in [3.8, 4) is 0 Å². The van der Waals surface area contributed by atoms with Gasteiger partial charge in [0.05, 0.1) is 5.41 Å². The van der Waals surface area contributed by atoms with Gasteiger partial charge in [-0.3, -0.25) is 9.79 Å². The summed E-state index contributed by atoms with van der Waals surface area (Å²) in [6.07, 6.45) is 4.66. The third-order valence-corrected chi connectivity index (χ3v) is 4.30. The molecular weight excluding hydrogens is 268 g/mol. The number of carbonyl (C=O) groups is 1. The maximum absolute atomic E-state index is 12.1. The minimum atomic E-state index is -0.661. The van der Waals surface area contributed by atoms with Crippen LogP contribution >= 0.6 is 0 Å². The SMILES string of the molecule is NC(=O)C1(c2ccnc(N)c2)CCC(CN=C(N)N)CC1. The van der Waals surface area contributed by atoms with Crippen LogP contribution in [0.25, 0.3) is 0 Å². The zero-order valence-corrected chi connectivity index (χ0v) is 12.0. The maximum Gasteiger partial charge on any atom is 0.228 e. The lowest BCUT2D eigenvalue weighted by atomic mass is 9.66. The second kappa shape index (κ2) is 5.99. The number of guanidine groups is 1. The normalized spacial score (nSPS) is 25.2. The Labute approximate surface area is 123 Å². The molecule has 21 heavy (non-hydrogen) atoms. The van der Waals surface area contributed by atoms with Gasteiger partial charge in [0, 0.05) is 12.7 Å². The molecular formula is C14H22N6O. The zero-order valence-electron chi connectivity index (χ0n) is 12.0. The van der Waals surface area contributed by atoms with Gasteiger partial charge < -0.3 is 22.9 Å². The lowest BCUT2D eigenvalue weighted by molar-refractivity contribution is -0.125. The number of amides is 1. The van der Waals surface area contributed by atoms with Crippen LogP contribution in [0.15, 0.2) is 23.3 Å². The monoisotopic (exact) mass is 290 g/mol. The summed E-state index contributed by atoms with van der Waals surface area (Å²) in [5, 5.41) is 0. The number of nitrogens with zero attached hydrogens (tertiary/aromatic N) is 2. The summed E-state index contributed by atoms with van der Waals surface area (Å²) in [5.74, 6) is 0.562. The molecule has 1 aliphatic rings. The number of aliphatic imine (C=N–C) groups is 1. The Bertz CT molecular complexity index is 544. The third kappa shape index (κ3) is 3.24. The first kappa shape index (κ1) is 15.1. The second-order valence-electron chi connectivity index (χ2n) is 5.62. The smallest absolute Gasteiger partial charge is 0.228 e. The van der Waals surface area contributed by atoms with Gasteiger partial charge in [-0.05, 0) is 49.3 Å². The van der Waals surface area contributed by atoms with Crippen LogP contribution in [0.2, 0.25) is 0 Å². The van der Waals surface area contributed by atoms with E-state index in [0.717, 1.165) is 18.4 Å². The average molecular weight is 290 g/mol. The molecule has 1 saturated carbocycles. The summed E-state index contributed by atoms with van der Waals surface area (Å²) in [5.41, 5.74) is 22.3. The van der Waals surface area contributed by atoms with Crippen LogP contribution in [0.3, 0.4) is 0 Å². The van der Waals surface area contributed by atoms with E-state index in [1.807, 2.05) is 6.07 Å². The zero-order chi connectivity index (χ0) is 15.5. The van der Waals surface area contributed by atoms with E-state index in [0.29, 0.717) is 31.1 Å². The van der Waals surface area contributed by atoms with Gasteiger partial charge in [0.25, 0.3) is 0 Å². The number of anilines is 1. The Balaban J connectivity index is 2.16. The third-order valence-electron chi connectivity index (χ3n) is 4.30. The second-order valence-corrected chi connectivity index (χ2v) is 5.62. The molecule has 0 radical (unpaired) electrons. The fourth-order valence-corrected chi connectivity index (χ4v) is 3.01. The quantitative estimate of drug-likeness (QED) is 0.450. The van der Waals surface area contributed by atoms with Gasteiger partial charge in [-0.15, -0.1) is 0 Å². The largest absolute Gasteiger partial charge is 0.384 e. The van der Waals surface area contributed by atoms with E-state index in [4.69, 9.17) is 22.9 Å². The summed E-state index contributed by atoms with van der Waals surface area (Å²) >= 11 is 0. The fourth-order valence-electron chi connectivity index (χ4n) is 3.01. The molecule has 1 heterocycles. The van der Waals surface area contributed by atoms with Crippen molar-refractivity contribution in [2.24, 2.45) is 28.1 Å². The molecule has 0 unspecified atom stereocenters. The number of hydrogen-bond acceptors (Lipinski definition) is 4. The van der Waals surface area contributed by atoms with Crippen LogP contribution in [0, 0.1) is 5.92 Å². The van der Waals surface area contributed by atoms with Crippen molar-refractivity contribution < 1.29 is 4.79 Å². The molecule has 0 bridgehead atoms. The lowest BCUT2D eigenvalue weighted by Gasteiger charge is -2.37. The Kier molecular flexibility index (Phi) is 4.30. The van der Waals surface area contributed by atoms with Crippen LogP contribution < -0.4 is 22.9 Å². The first-order chi connectivity index (χ1) is 9.94. The Hall–Kier alpha value is -2.31. The average Bonchev–Trinajstić information content (AvgIpc) is 2.45. The highest BCUT2D eigenvalue weighted by molar-refractivity contribution is 5.87. The number of rotatable bonds is 4. The van der Waals surface area contributed by atoms with Crippen molar-refractivity contribution in [3.63, 3.8) is 0 Å². The number of pyridine rings is 1.